The van der Waals surface area contributed by atoms with Crippen molar-refractivity contribution in [1.82, 2.24) is 15.2 Å². The van der Waals surface area contributed by atoms with Gasteiger partial charge in [0.2, 0.25) is 0 Å². The van der Waals surface area contributed by atoms with Gasteiger partial charge in [0.15, 0.2) is 0 Å². The summed E-state index contributed by atoms with van der Waals surface area (Å²) < 4.78 is 5.41. The second kappa shape index (κ2) is 7.09. The molecule has 1 aromatic rings. The highest BCUT2D eigenvalue weighted by Crippen LogP contribution is 2.19. The average molecular weight is 305 g/mol. The molecule has 1 N–H and O–H groups in total. The third-order valence-corrected chi connectivity index (χ3v) is 3.65. The molecule has 0 unspecified atom stereocenters. The van der Waals surface area contributed by atoms with Crippen LogP contribution < -0.4 is 5.32 Å². The Labute approximate surface area is 133 Å². The summed E-state index contributed by atoms with van der Waals surface area (Å²) in [4.78, 5) is 18.2. The highest BCUT2D eigenvalue weighted by atomic mass is 16.6. The molecule has 0 bridgehead atoms. The lowest BCUT2D eigenvalue weighted by atomic mass is 10.1. The molecular formula is C17H27N3O2. The summed E-state index contributed by atoms with van der Waals surface area (Å²) in [5.41, 5.74) is 1.80. The average Bonchev–Trinajstić information content (AvgIpc) is 2.88. The lowest BCUT2D eigenvalue weighted by molar-refractivity contribution is 0.0288. The number of hydrogen-bond acceptors (Lipinski definition) is 4. The first kappa shape index (κ1) is 16.7. The fourth-order valence-corrected chi connectivity index (χ4v) is 2.50. The summed E-state index contributed by atoms with van der Waals surface area (Å²) in [5, 5.41) is 3.43. The quantitative estimate of drug-likeness (QED) is 0.929. The minimum atomic E-state index is -0.426. The monoisotopic (exact) mass is 305 g/mol. The van der Waals surface area contributed by atoms with Crippen molar-refractivity contribution in [3.63, 3.8) is 0 Å². The maximum Gasteiger partial charge on any atom is 0.410 e. The third-order valence-electron chi connectivity index (χ3n) is 3.65. The number of amides is 1. The van der Waals surface area contributed by atoms with E-state index in [4.69, 9.17) is 4.74 Å². The Morgan fingerprint density at radius 3 is 2.86 bits per heavy atom. The molecule has 0 radical (unpaired) electrons. The molecule has 5 nitrogen and oxygen atoms in total. The molecule has 0 aliphatic carbocycles. The van der Waals surface area contributed by atoms with Gasteiger partial charge in [-0.05, 0) is 51.7 Å². The van der Waals surface area contributed by atoms with Crippen LogP contribution in [0.1, 0.15) is 38.4 Å². The normalized spacial score (nSPS) is 18.5. The smallest absolute Gasteiger partial charge is 0.410 e. The standard InChI is InChI=1S/C17H27N3O2/c1-13-5-6-15(19-9-13)11-18-10-14-7-8-20(12-14)16(21)22-17(2,3)4/h5-6,9,14,18H,7-8,10-12H2,1-4H3/t14-/m1/s1. The van der Waals surface area contributed by atoms with Gasteiger partial charge in [0.05, 0.1) is 5.69 Å². The van der Waals surface area contributed by atoms with Gasteiger partial charge < -0.3 is 15.0 Å². The van der Waals surface area contributed by atoms with Crippen LogP contribution in [0, 0.1) is 12.8 Å². The van der Waals surface area contributed by atoms with Crippen molar-refractivity contribution in [3.8, 4) is 0 Å². The van der Waals surface area contributed by atoms with Crippen molar-refractivity contribution in [1.29, 1.82) is 0 Å². The van der Waals surface area contributed by atoms with Crippen LogP contribution in [0.5, 0.6) is 0 Å². The van der Waals surface area contributed by atoms with Crippen LogP contribution in [0.3, 0.4) is 0 Å². The molecule has 1 aliphatic heterocycles. The zero-order valence-corrected chi connectivity index (χ0v) is 14.1. The lowest BCUT2D eigenvalue weighted by Gasteiger charge is -2.24. The van der Waals surface area contributed by atoms with E-state index in [0.29, 0.717) is 5.92 Å². The predicted octanol–water partition coefficient (Wildman–Crippen LogP) is 2.74. The van der Waals surface area contributed by atoms with E-state index in [-0.39, 0.29) is 6.09 Å². The van der Waals surface area contributed by atoms with Crippen molar-refractivity contribution in [3.05, 3.63) is 29.6 Å². The summed E-state index contributed by atoms with van der Waals surface area (Å²) in [6.07, 6.45) is 2.71. The predicted molar refractivity (Wildman–Crippen MR) is 86.6 cm³/mol. The molecule has 1 saturated heterocycles. The van der Waals surface area contributed by atoms with Gasteiger partial charge in [0, 0.05) is 32.4 Å². The number of nitrogens with zero attached hydrogens (tertiary/aromatic N) is 2. The number of carbonyl (C=O) groups excluding carboxylic acids is 1. The fourth-order valence-electron chi connectivity index (χ4n) is 2.50. The molecular weight excluding hydrogens is 278 g/mol. The molecule has 1 atom stereocenters. The largest absolute Gasteiger partial charge is 0.444 e. The summed E-state index contributed by atoms with van der Waals surface area (Å²) in [7, 11) is 0. The molecule has 5 heteroatoms. The van der Waals surface area contributed by atoms with Crippen molar-refractivity contribution in [2.75, 3.05) is 19.6 Å². The fraction of sp³-hybridized carbons (Fsp3) is 0.647. The van der Waals surface area contributed by atoms with E-state index in [0.717, 1.165) is 38.3 Å². The molecule has 1 aromatic heterocycles. The topological polar surface area (TPSA) is 54.5 Å². The van der Waals surface area contributed by atoms with Crippen LogP contribution in [0.4, 0.5) is 4.79 Å². The van der Waals surface area contributed by atoms with E-state index in [9.17, 15) is 4.79 Å². The summed E-state index contributed by atoms with van der Waals surface area (Å²) in [6.45, 7) is 10.9. The molecule has 0 saturated carbocycles. The number of aryl methyl sites for hydroxylation is 1. The number of rotatable bonds is 4. The van der Waals surface area contributed by atoms with E-state index in [1.165, 1.54) is 5.56 Å². The van der Waals surface area contributed by atoms with Crippen LogP contribution in [-0.4, -0.2) is 41.2 Å². The zero-order valence-electron chi connectivity index (χ0n) is 14.1. The summed E-state index contributed by atoms with van der Waals surface area (Å²) in [5.74, 6) is 0.484. The Hall–Kier alpha value is -1.62. The summed E-state index contributed by atoms with van der Waals surface area (Å²) >= 11 is 0. The molecule has 0 aromatic carbocycles. The lowest BCUT2D eigenvalue weighted by Crippen LogP contribution is -2.36. The Kier molecular flexibility index (Phi) is 5.40. The molecule has 1 amide bonds. The molecule has 22 heavy (non-hydrogen) atoms. The first-order valence-corrected chi connectivity index (χ1v) is 7.94. The van der Waals surface area contributed by atoms with E-state index >= 15 is 0 Å². The Bertz CT molecular complexity index is 494. The zero-order chi connectivity index (χ0) is 16.2. The van der Waals surface area contributed by atoms with Gasteiger partial charge in [-0.3, -0.25) is 4.98 Å². The Morgan fingerprint density at radius 2 is 2.23 bits per heavy atom. The van der Waals surface area contributed by atoms with Gasteiger partial charge in [-0.15, -0.1) is 0 Å². The van der Waals surface area contributed by atoms with Crippen LogP contribution in [0.15, 0.2) is 18.3 Å². The first-order valence-electron chi connectivity index (χ1n) is 7.94. The number of likely N-dealkylation sites (tertiary alicyclic amines) is 1. The van der Waals surface area contributed by atoms with E-state index < -0.39 is 5.60 Å². The van der Waals surface area contributed by atoms with Crippen LogP contribution in [-0.2, 0) is 11.3 Å². The minimum Gasteiger partial charge on any atom is -0.444 e. The molecule has 2 heterocycles. The number of carbonyl (C=O) groups is 1. The number of hydrogen-bond donors (Lipinski definition) is 1. The molecule has 122 valence electrons. The van der Waals surface area contributed by atoms with Crippen LogP contribution in [0.2, 0.25) is 0 Å². The van der Waals surface area contributed by atoms with Crippen molar-refractivity contribution in [2.24, 2.45) is 5.92 Å². The molecule has 0 spiro atoms. The number of ether oxygens (including phenoxy) is 1. The van der Waals surface area contributed by atoms with Crippen molar-refractivity contribution < 1.29 is 9.53 Å². The number of pyridine rings is 1. The molecule has 1 fully saturated rings. The molecule has 1 aliphatic rings. The van der Waals surface area contributed by atoms with Crippen LogP contribution >= 0.6 is 0 Å². The SMILES string of the molecule is Cc1ccc(CNC[C@H]2CCN(C(=O)OC(C)(C)C)C2)nc1. The second-order valence-corrected chi connectivity index (χ2v) is 7.04. The van der Waals surface area contributed by atoms with Gasteiger partial charge in [-0.25, -0.2) is 4.79 Å². The van der Waals surface area contributed by atoms with Crippen molar-refractivity contribution >= 4 is 6.09 Å². The van der Waals surface area contributed by atoms with Gasteiger partial charge >= 0.3 is 6.09 Å². The van der Waals surface area contributed by atoms with E-state index in [1.54, 1.807) is 0 Å². The Balaban J connectivity index is 1.70. The van der Waals surface area contributed by atoms with Gasteiger partial charge in [0.1, 0.15) is 5.60 Å². The van der Waals surface area contributed by atoms with Gasteiger partial charge in [-0.2, -0.15) is 0 Å². The highest BCUT2D eigenvalue weighted by Gasteiger charge is 2.29. The maximum atomic E-state index is 12.0. The van der Waals surface area contributed by atoms with Gasteiger partial charge in [-0.1, -0.05) is 6.07 Å². The summed E-state index contributed by atoms with van der Waals surface area (Å²) in [6, 6.07) is 4.12. The first-order chi connectivity index (χ1) is 10.3. The van der Waals surface area contributed by atoms with Crippen LogP contribution in [0.25, 0.3) is 0 Å². The third kappa shape index (κ3) is 5.30. The van der Waals surface area contributed by atoms with E-state index in [1.807, 2.05) is 44.9 Å². The highest BCUT2D eigenvalue weighted by molar-refractivity contribution is 5.68. The second-order valence-electron chi connectivity index (χ2n) is 7.04. The van der Waals surface area contributed by atoms with Crippen molar-refractivity contribution in [2.45, 2.75) is 46.3 Å². The number of nitrogens with one attached hydrogen (secondary N) is 1. The molecule has 2 rings (SSSR count). The Morgan fingerprint density at radius 1 is 1.45 bits per heavy atom. The maximum absolute atomic E-state index is 12.0. The van der Waals surface area contributed by atoms with E-state index in [2.05, 4.69) is 16.4 Å². The van der Waals surface area contributed by atoms with Gasteiger partial charge in [0.25, 0.3) is 0 Å². The number of aromatic nitrogens is 1. The minimum absolute atomic E-state index is 0.199.